The van der Waals surface area contributed by atoms with Crippen LogP contribution in [-0.4, -0.2) is 19.2 Å². The molecule has 180 valence electrons. The number of rotatable bonds is 10. The Bertz CT molecular complexity index is 1130. The monoisotopic (exact) mass is 496 g/mol. The SMILES string of the molecule is CCCC[C@H](C#CC(N)c1nc(-c2ccc(COC)cc2Cl)c(C)s1)c1ccc(COC)cc1. The van der Waals surface area contributed by atoms with E-state index in [1.165, 1.54) is 5.56 Å². The molecule has 6 heteroatoms. The van der Waals surface area contributed by atoms with Gasteiger partial charge >= 0.3 is 0 Å². The van der Waals surface area contributed by atoms with Gasteiger partial charge in [0.15, 0.2) is 0 Å². The molecular weight excluding hydrogens is 464 g/mol. The van der Waals surface area contributed by atoms with Gasteiger partial charge in [-0.05, 0) is 36.1 Å². The van der Waals surface area contributed by atoms with Crippen LogP contribution in [-0.2, 0) is 22.7 Å². The molecular formula is C28H33ClN2O2S. The first kappa shape index (κ1) is 26.4. The lowest BCUT2D eigenvalue weighted by Crippen LogP contribution is -2.08. The smallest absolute Gasteiger partial charge is 0.123 e. The number of unbranched alkanes of at least 4 members (excludes halogenated alkanes) is 1. The van der Waals surface area contributed by atoms with Crippen molar-refractivity contribution in [3.05, 3.63) is 74.1 Å². The Morgan fingerprint density at radius 3 is 2.35 bits per heavy atom. The first-order valence-electron chi connectivity index (χ1n) is 11.6. The van der Waals surface area contributed by atoms with Crippen LogP contribution in [0.5, 0.6) is 0 Å². The first-order chi connectivity index (χ1) is 16.5. The molecule has 4 nitrogen and oxygen atoms in total. The number of methoxy groups -OCH3 is 2. The number of hydrogen-bond acceptors (Lipinski definition) is 5. The maximum absolute atomic E-state index is 6.55. The minimum Gasteiger partial charge on any atom is -0.380 e. The Hall–Kier alpha value is -2.20. The highest BCUT2D eigenvalue weighted by atomic mass is 35.5. The highest BCUT2D eigenvalue weighted by Gasteiger charge is 2.17. The first-order valence-corrected chi connectivity index (χ1v) is 12.8. The van der Waals surface area contributed by atoms with Gasteiger partial charge in [0.25, 0.3) is 0 Å². The van der Waals surface area contributed by atoms with Crippen molar-refractivity contribution in [2.75, 3.05) is 14.2 Å². The minimum atomic E-state index is -0.444. The fourth-order valence-corrected chi connectivity index (χ4v) is 4.98. The number of halogens is 1. The van der Waals surface area contributed by atoms with Crippen molar-refractivity contribution in [3.63, 3.8) is 0 Å². The molecule has 0 spiro atoms. The van der Waals surface area contributed by atoms with Crippen LogP contribution in [0.1, 0.15) is 64.7 Å². The average molecular weight is 497 g/mol. The van der Waals surface area contributed by atoms with Crippen molar-refractivity contribution in [2.24, 2.45) is 5.73 Å². The number of hydrogen-bond donors (Lipinski definition) is 1. The summed E-state index contributed by atoms with van der Waals surface area (Å²) in [7, 11) is 3.38. The molecule has 1 heterocycles. The standard InChI is InChI=1S/C28H33ClN2O2S/c1-5-6-7-22(23-11-8-20(9-12-23)17-32-3)13-15-26(30)28-31-27(19(2)34-28)24-14-10-21(18-33-4)16-25(24)29/h8-12,14,16,22,26H,5-7,17-18,30H2,1-4H3/t22-,26?/m1/s1. The van der Waals surface area contributed by atoms with Crippen molar-refractivity contribution < 1.29 is 9.47 Å². The van der Waals surface area contributed by atoms with Gasteiger partial charge in [-0.2, -0.15) is 0 Å². The second kappa shape index (κ2) is 13.0. The molecule has 3 rings (SSSR count). The molecule has 0 fully saturated rings. The summed E-state index contributed by atoms with van der Waals surface area (Å²) in [4.78, 5) is 5.90. The zero-order valence-corrected chi connectivity index (χ0v) is 21.9. The number of thiazole rings is 1. The van der Waals surface area contributed by atoms with E-state index in [1.54, 1.807) is 25.6 Å². The maximum atomic E-state index is 6.55. The third-order valence-corrected chi connectivity index (χ3v) is 7.00. The molecule has 2 atom stereocenters. The molecule has 0 aliphatic carbocycles. The third kappa shape index (κ3) is 6.91. The summed E-state index contributed by atoms with van der Waals surface area (Å²) in [5.74, 6) is 6.87. The summed E-state index contributed by atoms with van der Waals surface area (Å²) < 4.78 is 10.4. The number of ether oxygens (including phenoxy) is 2. The van der Waals surface area contributed by atoms with Crippen LogP contribution in [0, 0.1) is 18.8 Å². The second-order valence-electron chi connectivity index (χ2n) is 8.34. The van der Waals surface area contributed by atoms with Crippen LogP contribution in [0.3, 0.4) is 0 Å². The van der Waals surface area contributed by atoms with E-state index in [-0.39, 0.29) is 5.92 Å². The second-order valence-corrected chi connectivity index (χ2v) is 9.98. The van der Waals surface area contributed by atoms with Crippen molar-refractivity contribution in [1.82, 2.24) is 4.98 Å². The van der Waals surface area contributed by atoms with Gasteiger partial charge in [0.1, 0.15) is 11.0 Å². The van der Waals surface area contributed by atoms with Crippen LogP contribution >= 0.6 is 22.9 Å². The lowest BCUT2D eigenvalue weighted by Gasteiger charge is -2.12. The number of aryl methyl sites for hydroxylation is 1. The molecule has 0 amide bonds. The van der Waals surface area contributed by atoms with Crippen molar-refractivity contribution in [3.8, 4) is 23.1 Å². The number of nitrogens with two attached hydrogens (primary N) is 1. The molecule has 0 bridgehead atoms. The predicted molar refractivity (Wildman–Crippen MR) is 142 cm³/mol. The van der Waals surface area contributed by atoms with Crippen LogP contribution in [0.25, 0.3) is 11.3 Å². The molecule has 0 aliphatic heterocycles. The van der Waals surface area contributed by atoms with Gasteiger partial charge in [0.2, 0.25) is 0 Å². The summed E-state index contributed by atoms with van der Waals surface area (Å²) >= 11 is 8.13. The molecule has 34 heavy (non-hydrogen) atoms. The number of nitrogens with zero attached hydrogens (tertiary/aromatic N) is 1. The number of benzene rings is 2. The van der Waals surface area contributed by atoms with Crippen LogP contribution in [0.4, 0.5) is 0 Å². The molecule has 0 radical (unpaired) electrons. The lowest BCUT2D eigenvalue weighted by molar-refractivity contribution is 0.185. The van der Waals surface area contributed by atoms with Crippen molar-refractivity contribution >= 4 is 22.9 Å². The van der Waals surface area contributed by atoms with E-state index in [2.05, 4.69) is 43.0 Å². The molecule has 2 N–H and O–H groups in total. The zero-order valence-electron chi connectivity index (χ0n) is 20.4. The van der Waals surface area contributed by atoms with Crippen LogP contribution in [0.15, 0.2) is 42.5 Å². The largest absolute Gasteiger partial charge is 0.380 e. The highest BCUT2D eigenvalue weighted by Crippen LogP contribution is 2.35. The summed E-state index contributed by atoms with van der Waals surface area (Å²) in [6, 6.07) is 14.0. The Morgan fingerprint density at radius 1 is 1.03 bits per heavy atom. The Morgan fingerprint density at radius 2 is 1.71 bits per heavy atom. The van der Waals surface area contributed by atoms with Gasteiger partial charge in [0, 0.05) is 30.6 Å². The van der Waals surface area contributed by atoms with E-state index in [1.807, 2.05) is 25.1 Å². The molecule has 0 saturated carbocycles. The Labute approximate surface area is 212 Å². The van der Waals surface area contributed by atoms with Gasteiger partial charge < -0.3 is 15.2 Å². The van der Waals surface area contributed by atoms with Crippen molar-refractivity contribution in [2.45, 2.75) is 58.3 Å². The molecule has 3 aromatic rings. The fraction of sp³-hybridized carbons (Fsp3) is 0.393. The van der Waals surface area contributed by atoms with Gasteiger partial charge in [-0.1, -0.05) is 79.6 Å². The quantitative estimate of drug-likeness (QED) is 0.306. The maximum Gasteiger partial charge on any atom is 0.123 e. The van der Waals surface area contributed by atoms with E-state index in [4.69, 9.17) is 31.8 Å². The third-order valence-electron chi connectivity index (χ3n) is 5.63. The van der Waals surface area contributed by atoms with E-state index in [0.717, 1.165) is 51.5 Å². The molecule has 0 saturated heterocycles. The fourth-order valence-electron chi connectivity index (χ4n) is 3.80. The average Bonchev–Trinajstić information content (AvgIpc) is 3.21. The summed E-state index contributed by atoms with van der Waals surface area (Å²) in [5.41, 5.74) is 11.6. The molecule has 2 aromatic carbocycles. The Kier molecular flexibility index (Phi) is 10.1. The zero-order chi connectivity index (χ0) is 24.5. The van der Waals surface area contributed by atoms with Gasteiger partial charge in [-0.15, -0.1) is 11.3 Å². The summed E-state index contributed by atoms with van der Waals surface area (Å²) in [6.45, 7) is 5.38. The highest BCUT2D eigenvalue weighted by molar-refractivity contribution is 7.12. The minimum absolute atomic E-state index is 0.144. The van der Waals surface area contributed by atoms with Crippen LogP contribution < -0.4 is 5.73 Å². The van der Waals surface area contributed by atoms with Crippen molar-refractivity contribution in [1.29, 1.82) is 0 Å². The summed E-state index contributed by atoms with van der Waals surface area (Å²) in [5, 5.41) is 1.47. The molecule has 0 aliphatic rings. The number of aromatic nitrogens is 1. The van der Waals surface area contributed by atoms with E-state index in [9.17, 15) is 0 Å². The Balaban J connectivity index is 1.82. The molecule has 1 unspecified atom stereocenters. The van der Waals surface area contributed by atoms with Gasteiger partial charge in [0.05, 0.1) is 23.9 Å². The topological polar surface area (TPSA) is 57.4 Å². The van der Waals surface area contributed by atoms with Gasteiger partial charge in [-0.3, -0.25) is 0 Å². The summed E-state index contributed by atoms with van der Waals surface area (Å²) in [6.07, 6.45) is 3.25. The van der Waals surface area contributed by atoms with E-state index >= 15 is 0 Å². The van der Waals surface area contributed by atoms with E-state index in [0.29, 0.717) is 18.2 Å². The normalized spacial score (nSPS) is 12.8. The lowest BCUT2D eigenvalue weighted by atomic mass is 9.93. The van der Waals surface area contributed by atoms with Gasteiger partial charge in [-0.25, -0.2) is 4.98 Å². The van der Waals surface area contributed by atoms with E-state index < -0.39 is 6.04 Å². The van der Waals surface area contributed by atoms with Crippen LogP contribution in [0.2, 0.25) is 5.02 Å². The predicted octanol–water partition coefficient (Wildman–Crippen LogP) is 7.04. The molecule has 1 aromatic heterocycles.